The third-order valence-electron chi connectivity index (χ3n) is 2.35. The Morgan fingerprint density at radius 2 is 2.24 bits per heavy atom. The first-order valence-electron chi connectivity index (χ1n) is 5.39. The van der Waals surface area contributed by atoms with Gasteiger partial charge < -0.3 is 15.3 Å². The summed E-state index contributed by atoms with van der Waals surface area (Å²) in [4.78, 5) is 0. The Morgan fingerprint density at radius 3 is 2.76 bits per heavy atom. The van der Waals surface area contributed by atoms with Gasteiger partial charge in [0.25, 0.3) is 10.0 Å². The summed E-state index contributed by atoms with van der Waals surface area (Å²) < 4.78 is 31.0. The zero-order chi connectivity index (χ0) is 12.9. The van der Waals surface area contributed by atoms with Gasteiger partial charge in [-0.05, 0) is 24.5 Å². The number of aliphatic hydroxyl groups excluding tert-OH is 1. The third kappa shape index (κ3) is 4.12. The molecular weight excluding hydrogens is 244 g/mol. The maximum absolute atomic E-state index is 11.8. The number of sulfonamides is 1. The predicted molar refractivity (Wildman–Crippen MR) is 62.7 cm³/mol. The smallest absolute Gasteiger partial charge is 0.273 e. The molecule has 98 valence electrons. The van der Waals surface area contributed by atoms with Gasteiger partial charge in [-0.3, -0.25) is 0 Å². The summed E-state index contributed by atoms with van der Waals surface area (Å²) >= 11 is 0. The molecule has 1 heterocycles. The average Bonchev–Trinajstić information content (AvgIpc) is 2.76. The van der Waals surface area contributed by atoms with Crippen LogP contribution in [0.1, 0.15) is 19.1 Å². The number of nitrogens with one attached hydrogen (secondary N) is 1. The van der Waals surface area contributed by atoms with Crippen LogP contribution in [0, 0.1) is 5.92 Å². The fourth-order valence-electron chi connectivity index (χ4n) is 1.26. The van der Waals surface area contributed by atoms with E-state index in [0.29, 0.717) is 12.2 Å². The van der Waals surface area contributed by atoms with Crippen LogP contribution in [0.25, 0.3) is 0 Å². The highest BCUT2D eigenvalue weighted by molar-refractivity contribution is 7.89. The monoisotopic (exact) mass is 262 g/mol. The van der Waals surface area contributed by atoms with Crippen molar-refractivity contribution in [2.24, 2.45) is 11.7 Å². The molecule has 1 aromatic heterocycles. The van der Waals surface area contributed by atoms with E-state index in [4.69, 9.17) is 15.3 Å². The number of hydrogen-bond donors (Lipinski definition) is 3. The van der Waals surface area contributed by atoms with Crippen LogP contribution < -0.4 is 10.5 Å². The van der Waals surface area contributed by atoms with E-state index in [-0.39, 0.29) is 30.7 Å². The molecule has 0 bridgehead atoms. The second-order valence-electron chi connectivity index (χ2n) is 3.89. The Labute approximate surface area is 101 Å². The first-order chi connectivity index (χ1) is 7.99. The van der Waals surface area contributed by atoms with Crippen molar-refractivity contribution in [2.45, 2.75) is 25.0 Å². The van der Waals surface area contributed by atoms with Crippen molar-refractivity contribution in [1.82, 2.24) is 4.72 Å². The van der Waals surface area contributed by atoms with Crippen LogP contribution in [0.15, 0.2) is 21.6 Å². The van der Waals surface area contributed by atoms with Crippen molar-refractivity contribution in [3.05, 3.63) is 17.9 Å². The highest BCUT2D eigenvalue weighted by Crippen LogP contribution is 2.13. The lowest BCUT2D eigenvalue weighted by atomic mass is 10.1. The van der Waals surface area contributed by atoms with E-state index in [9.17, 15) is 8.42 Å². The van der Waals surface area contributed by atoms with E-state index >= 15 is 0 Å². The van der Waals surface area contributed by atoms with Crippen LogP contribution in [0.2, 0.25) is 0 Å². The van der Waals surface area contributed by atoms with Gasteiger partial charge in [-0.25, -0.2) is 13.1 Å². The van der Waals surface area contributed by atoms with Crippen LogP contribution in [0.5, 0.6) is 0 Å². The highest BCUT2D eigenvalue weighted by Gasteiger charge is 2.18. The molecule has 1 aromatic rings. The van der Waals surface area contributed by atoms with E-state index in [0.717, 1.165) is 0 Å². The first-order valence-corrected chi connectivity index (χ1v) is 6.87. The highest BCUT2D eigenvalue weighted by atomic mass is 32.2. The van der Waals surface area contributed by atoms with E-state index in [1.54, 1.807) is 0 Å². The lowest BCUT2D eigenvalue weighted by Crippen LogP contribution is -2.28. The van der Waals surface area contributed by atoms with Crippen LogP contribution in [-0.2, 0) is 16.6 Å². The van der Waals surface area contributed by atoms with Crippen molar-refractivity contribution in [3.63, 3.8) is 0 Å². The lowest BCUT2D eigenvalue weighted by molar-refractivity contribution is 0.262. The van der Waals surface area contributed by atoms with Gasteiger partial charge in [-0.2, -0.15) is 0 Å². The maximum atomic E-state index is 11.8. The lowest BCUT2D eigenvalue weighted by Gasteiger charge is -2.10. The second-order valence-corrected chi connectivity index (χ2v) is 5.59. The molecule has 0 fully saturated rings. The van der Waals surface area contributed by atoms with Gasteiger partial charge >= 0.3 is 0 Å². The third-order valence-corrected chi connectivity index (χ3v) is 3.64. The zero-order valence-electron chi connectivity index (χ0n) is 9.72. The van der Waals surface area contributed by atoms with Gasteiger partial charge in [0, 0.05) is 13.2 Å². The van der Waals surface area contributed by atoms with Crippen LogP contribution in [0.3, 0.4) is 0 Å². The fraction of sp³-hybridized carbons (Fsp3) is 0.600. The van der Waals surface area contributed by atoms with Crippen LogP contribution in [-0.4, -0.2) is 26.7 Å². The summed E-state index contributed by atoms with van der Waals surface area (Å²) in [6.07, 6.45) is 0.550. The molecule has 1 atom stereocenters. The summed E-state index contributed by atoms with van der Waals surface area (Å²) in [5.74, 6) is 0.493. The van der Waals surface area contributed by atoms with Gasteiger partial charge in [-0.15, -0.1) is 0 Å². The van der Waals surface area contributed by atoms with Gasteiger partial charge in [0.1, 0.15) is 5.76 Å². The molecule has 7 heteroatoms. The Kier molecular flexibility index (Phi) is 5.13. The average molecular weight is 262 g/mol. The van der Waals surface area contributed by atoms with E-state index in [1.165, 1.54) is 12.1 Å². The van der Waals surface area contributed by atoms with Gasteiger partial charge in [0.2, 0.25) is 5.09 Å². The Bertz CT molecular complexity index is 441. The van der Waals surface area contributed by atoms with Gasteiger partial charge in [0.15, 0.2) is 0 Å². The van der Waals surface area contributed by atoms with Crippen molar-refractivity contribution in [2.75, 3.05) is 13.2 Å². The fourth-order valence-corrected chi connectivity index (χ4v) is 2.37. The topological polar surface area (TPSA) is 106 Å². The van der Waals surface area contributed by atoms with Gasteiger partial charge in [-0.1, -0.05) is 6.92 Å². The zero-order valence-corrected chi connectivity index (χ0v) is 10.5. The minimum Gasteiger partial charge on any atom is -0.447 e. The summed E-state index contributed by atoms with van der Waals surface area (Å²) in [7, 11) is -3.62. The molecule has 0 saturated carbocycles. The molecule has 1 rings (SSSR count). The van der Waals surface area contributed by atoms with E-state index in [2.05, 4.69) is 4.72 Å². The summed E-state index contributed by atoms with van der Waals surface area (Å²) in [6.45, 7) is 2.32. The van der Waals surface area contributed by atoms with Gasteiger partial charge in [0.05, 0.1) is 6.54 Å². The SMILES string of the molecule is CC(CCO)CNS(=O)(=O)c1ccc(CN)o1. The molecule has 0 aliphatic rings. The number of hydrogen-bond acceptors (Lipinski definition) is 5. The molecule has 6 nitrogen and oxygen atoms in total. The standard InChI is InChI=1S/C10H18N2O4S/c1-8(4-5-13)7-12-17(14,15)10-3-2-9(6-11)16-10/h2-3,8,12-13H,4-7,11H2,1H3. The number of aliphatic hydroxyl groups is 1. The molecule has 0 saturated heterocycles. The minimum absolute atomic E-state index is 0.0426. The molecule has 0 aliphatic carbocycles. The summed E-state index contributed by atoms with van der Waals surface area (Å²) in [5.41, 5.74) is 5.33. The van der Waals surface area contributed by atoms with Crippen molar-refractivity contribution in [3.8, 4) is 0 Å². The molecular formula is C10H18N2O4S. The minimum atomic E-state index is -3.62. The Morgan fingerprint density at radius 1 is 1.53 bits per heavy atom. The predicted octanol–water partition coefficient (Wildman–Crippen LogP) is 0.0351. The second kappa shape index (κ2) is 6.15. The first kappa shape index (κ1) is 14.2. The molecule has 0 aromatic carbocycles. The summed E-state index contributed by atoms with van der Waals surface area (Å²) in [5, 5.41) is 8.58. The molecule has 0 amide bonds. The van der Waals surface area contributed by atoms with Crippen molar-refractivity contribution in [1.29, 1.82) is 0 Å². The molecule has 0 spiro atoms. The van der Waals surface area contributed by atoms with Crippen molar-refractivity contribution >= 4 is 10.0 Å². The molecule has 4 N–H and O–H groups in total. The van der Waals surface area contributed by atoms with E-state index in [1.807, 2.05) is 6.92 Å². The Balaban J connectivity index is 2.62. The molecule has 0 radical (unpaired) electrons. The van der Waals surface area contributed by atoms with Crippen LogP contribution >= 0.6 is 0 Å². The Hall–Kier alpha value is -0.890. The molecule has 1 unspecified atom stereocenters. The number of nitrogens with two attached hydrogens (primary N) is 1. The number of rotatable bonds is 7. The summed E-state index contributed by atoms with van der Waals surface area (Å²) in [6, 6.07) is 2.91. The number of furan rings is 1. The van der Waals surface area contributed by atoms with E-state index < -0.39 is 10.0 Å². The van der Waals surface area contributed by atoms with Crippen LogP contribution in [0.4, 0.5) is 0 Å². The normalized spacial score (nSPS) is 13.8. The largest absolute Gasteiger partial charge is 0.447 e. The van der Waals surface area contributed by atoms with Crippen molar-refractivity contribution < 1.29 is 17.9 Å². The molecule has 17 heavy (non-hydrogen) atoms. The quantitative estimate of drug-likeness (QED) is 0.643. The maximum Gasteiger partial charge on any atom is 0.273 e. The molecule has 0 aliphatic heterocycles.